The zero-order valence-electron chi connectivity index (χ0n) is 18.8. The van der Waals surface area contributed by atoms with Gasteiger partial charge in [-0.2, -0.15) is 0 Å². The molecule has 0 aromatic heterocycles. The molecule has 4 atom stereocenters. The van der Waals surface area contributed by atoms with Crippen LogP contribution in [0, 0.1) is 18.8 Å². The van der Waals surface area contributed by atoms with E-state index in [9.17, 15) is 9.59 Å². The molecule has 0 aliphatic carbocycles. The maximum Gasteiger partial charge on any atom is 0.319 e. The third-order valence-corrected chi connectivity index (χ3v) is 6.03. The summed E-state index contributed by atoms with van der Waals surface area (Å²) in [5.41, 5.74) is 2.24. The number of amides is 4. The molecule has 1 aromatic rings. The molecule has 0 spiro atoms. The molecule has 3 rings (SSSR count). The molecule has 2 aliphatic heterocycles. The van der Waals surface area contributed by atoms with Crippen LogP contribution < -0.4 is 21.3 Å². The van der Waals surface area contributed by atoms with Crippen molar-refractivity contribution in [1.29, 1.82) is 0 Å². The highest BCUT2D eigenvalue weighted by atomic mass is 16.5. The number of ether oxygens (including phenoxy) is 2. The molecule has 0 radical (unpaired) electrons. The number of carbonyl (C=O) groups is 2. The molecule has 0 bridgehead atoms. The van der Waals surface area contributed by atoms with Gasteiger partial charge in [-0.1, -0.05) is 6.07 Å². The Balaban J connectivity index is 1.45. The Hall–Kier alpha value is -2.32. The minimum absolute atomic E-state index is 0.238. The summed E-state index contributed by atoms with van der Waals surface area (Å²) < 4.78 is 11.1. The molecule has 2 heterocycles. The van der Waals surface area contributed by atoms with Crippen LogP contribution in [0.4, 0.5) is 21.0 Å². The van der Waals surface area contributed by atoms with Crippen molar-refractivity contribution in [3.8, 4) is 0 Å². The second-order valence-corrected chi connectivity index (χ2v) is 8.84. The Kier molecular flexibility index (Phi) is 8.54. The number of hydrogen-bond donors (Lipinski definition) is 4. The lowest BCUT2D eigenvalue weighted by Crippen LogP contribution is -2.37. The second-order valence-electron chi connectivity index (χ2n) is 8.84. The maximum atomic E-state index is 12.4. The number of hydrogen-bond acceptors (Lipinski definition) is 4. The van der Waals surface area contributed by atoms with Gasteiger partial charge in [0.05, 0.1) is 12.2 Å². The smallest absolute Gasteiger partial charge is 0.319 e. The Morgan fingerprint density at radius 1 is 0.903 bits per heavy atom. The van der Waals surface area contributed by atoms with Crippen LogP contribution in [-0.4, -0.2) is 50.6 Å². The van der Waals surface area contributed by atoms with Gasteiger partial charge in [-0.3, -0.25) is 0 Å². The Labute approximate surface area is 184 Å². The van der Waals surface area contributed by atoms with Crippen molar-refractivity contribution in [2.75, 3.05) is 36.9 Å². The fourth-order valence-electron chi connectivity index (χ4n) is 4.20. The van der Waals surface area contributed by atoms with Gasteiger partial charge in [-0.25, -0.2) is 9.59 Å². The maximum absolute atomic E-state index is 12.4. The van der Waals surface area contributed by atoms with E-state index in [1.807, 2.05) is 19.1 Å². The van der Waals surface area contributed by atoms with Crippen LogP contribution in [0.1, 0.15) is 45.1 Å². The van der Waals surface area contributed by atoms with Gasteiger partial charge in [0.1, 0.15) is 0 Å². The summed E-state index contributed by atoms with van der Waals surface area (Å²) >= 11 is 0. The quantitative estimate of drug-likeness (QED) is 0.548. The van der Waals surface area contributed by atoms with Crippen LogP contribution >= 0.6 is 0 Å². The molecule has 0 saturated carbocycles. The van der Waals surface area contributed by atoms with Gasteiger partial charge in [-0.15, -0.1) is 0 Å². The fourth-order valence-corrected chi connectivity index (χ4v) is 4.20. The molecule has 2 aliphatic rings. The minimum Gasteiger partial charge on any atom is -0.378 e. The van der Waals surface area contributed by atoms with Gasteiger partial charge in [0, 0.05) is 37.7 Å². The predicted molar refractivity (Wildman–Crippen MR) is 121 cm³/mol. The number of rotatable bonds is 6. The normalized spacial score (nSPS) is 26.0. The highest BCUT2D eigenvalue weighted by Gasteiger charge is 2.21. The molecule has 4 amide bonds. The molecule has 172 valence electrons. The average molecular weight is 433 g/mol. The Morgan fingerprint density at radius 3 is 2.00 bits per heavy atom. The molecule has 1 aromatic carbocycles. The van der Waals surface area contributed by atoms with E-state index in [4.69, 9.17) is 9.47 Å². The first-order chi connectivity index (χ1) is 14.9. The van der Waals surface area contributed by atoms with Crippen molar-refractivity contribution in [2.45, 2.75) is 58.7 Å². The molecule has 4 unspecified atom stereocenters. The molecule has 31 heavy (non-hydrogen) atoms. The summed E-state index contributed by atoms with van der Waals surface area (Å²) in [6, 6.07) is 5.01. The van der Waals surface area contributed by atoms with Gasteiger partial charge >= 0.3 is 12.1 Å². The van der Waals surface area contributed by atoms with Gasteiger partial charge in [0.25, 0.3) is 0 Å². The van der Waals surface area contributed by atoms with Gasteiger partial charge in [0.15, 0.2) is 0 Å². The first-order valence-electron chi connectivity index (χ1n) is 11.3. The third-order valence-electron chi connectivity index (χ3n) is 6.03. The van der Waals surface area contributed by atoms with Crippen molar-refractivity contribution in [1.82, 2.24) is 10.6 Å². The van der Waals surface area contributed by atoms with E-state index in [0.717, 1.165) is 44.5 Å². The summed E-state index contributed by atoms with van der Waals surface area (Å²) in [6.45, 7) is 8.80. The monoisotopic (exact) mass is 432 g/mol. The lowest BCUT2D eigenvalue weighted by molar-refractivity contribution is 0.00339. The number of urea groups is 2. The zero-order valence-corrected chi connectivity index (χ0v) is 18.8. The summed E-state index contributed by atoms with van der Waals surface area (Å²) in [5.74, 6) is 0.873. The third kappa shape index (κ3) is 7.70. The summed E-state index contributed by atoms with van der Waals surface area (Å²) in [7, 11) is 0. The Bertz CT molecular complexity index is 757. The van der Waals surface area contributed by atoms with Crippen molar-refractivity contribution >= 4 is 23.4 Å². The number of anilines is 2. The largest absolute Gasteiger partial charge is 0.378 e. The van der Waals surface area contributed by atoms with Gasteiger partial charge in [0.2, 0.25) is 0 Å². The zero-order chi connectivity index (χ0) is 22.2. The summed E-state index contributed by atoms with van der Waals surface area (Å²) in [5, 5.41) is 11.6. The van der Waals surface area contributed by atoms with E-state index >= 15 is 0 Å². The lowest BCUT2D eigenvalue weighted by Gasteiger charge is -2.27. The van der Waals surface area contributed by atoms with E-state index in [2.05, 4.69) is 35.1 Å². The molecule has 4 N–H and O–H groups in total. The predicted octanol–water partition coefficient (Wildman–Crippen LogP) is 3.87. The molecule has 2 fully saturated rings. The topological polar surface area (TPSA) is 101 Å². The van der Waals surface area contributed by atoms with Crippen molar-refractivity contribution in [3.05, 3.63) is 23.8 Å². The Morgan fingerprint density at radius 2 is 1.45 bits per heavy atom. The molecule has 8 nitrogen and oxygen atoms in total. The molecule has 2 saturated heterocycles. The van der Waals surface area contributed by atoms with Crippen LogP contribution in [0.25, 0.3) is 0 Å². The van der Waals surface area contributed by atoms with Gasteiger partial charge < -0.3 is 30.7 Å². The van der Waals surface area contributed by atoms with E-state index in [1.165, 1.54) is 0 Å². The average Bonchev–Trinajstić information content (AvgIpc) is 2.73. The number of nitrogens with one attached hydrogen (secondary N) is 4. The van der Waals surface area contributed by atoms with Crippen LogP contribution in [0.3, 0.4) is 0 Å². The number of benzene rings is 1. The molecular formula is C23H36N4O4. The van der Waals surface area contributed by atoms with E-state index < -0.39 is 0 Å². The van der Waals surface area contributed by atoms with Crippen molar-refractivity contribution in [2.24, 2.45) is 11.8 Å². The van der Waals surface area contributed by atoms with Gasteiger partial charge in [-0.05, 0) is 76.0 Å². The highest BCUT2D eigenvalue weighted by molar-refractivity contribution is 5.93. The minimum atomic E-state index is -0.243. The van der Waals surface area contributed by atoms with Crippen LogP contribution in [0.15, 0.2) is 18.2 Å². The lowest BCUT2D eigenvalue weighted by atomic mass is 9.96. The molecular weight excluding hydrogens is 396 g/mol. The first kappa shape index (κ1) is 23.3. The first-order valence-corrected chi connectivity index (χ1v) is 11.3. The summed E-state index contributed by atoms with van der Waals surface area (Å²) in [4.78, 5) is 24.7. The highest BCUT2D eigenvalue weighted by Crippen LogP contribution is 2.22. The van der Waals surface area contributed by atoms with Crippen LogP contribution in [0.2, 0.25) is 0 Å². The number of aryl methyl sites for hydroxylation is 1. The second kappa shape index (κ2) is 11.3. The van der Waals surface area contributed by atoms with Crippen molar-refractivity contribution in [3.63, 3.8) is 0 Å². The van der Waals surface area contributed by atoms with Crippen molar-refractivity contribution < 1.29 is 19.1 Å². The summed E-state index contributed by atoms with van der Waals surface area (Å²) in [6.07, 6.45) is 4.34. The van der Waals surface area contributed by atoms with E-state index in [0.29, 0.717) is 36.3 Å². The SMILES string of the molecule is Cc1ccc(NC(=O)NCC2CCOC(C)C2)cc1NC(=O)NCC1CCOC(C)C1. The van der Waals surface area contributed by atoms with E-state index in [1.54, 1.807) is 6.07 Å². The van der Waals surface area contributed by atoms with E-state index in [-0.39, 0.29) is 24.3 Å². The molecule has 8 heteroatoms. The number of carbonyl (C=O) groups excluding carboxylic acids is 2. The van der Waals surface area contributed by atoms with Crippen LogP contribution in [-0.2, 0) is 9.47 Å². The standard InChI is InChI=1S/C23H36N4O4/c1-15-4-5-20(26-22(28)24-13-18-6-8-30-16(2)10-18)12-21(15)27-23(29)25-14-19-7-9-31-17(3)11-19/h4-5,12,16-19H,6-11,13-14H2,1-3H3,(H2,24,26,28)(H2,25,27,29). The van der Waals surface area contributed by atoms with Crippen LogP contribution in [0.5, 0.6) is 0 Å². The fraction of sp³-hybridized carbons (Fsp3) is 0.652.